The average Bonchev–Trinajstić information content (AvgIpc) is 2.80. The minimum Gasteiger partial charge on any atom is -0.309 e. The van der Waals surface area contributed by atoms with Crippen LogP contribution in [-0.2, 0) is 0 Å². The molecule has 1 nitrogen and oxygen atoms in total. The Bertz CT molecular complexity index is 402. The van der Waals surface area contributed by atoms with Gasteiger partial charge in [0.15, 0.2) is 0 Å². The summed E-state index contributed by atoms with van der Waals surface area (Å²) in [7, 11) is 2.03. The maximum Gasteiger partial charge on any atom is 0.0595 e. The van der Waals surface area contributed by atoms with Crippen LogP contribution in [0.4, 0.5) is 0 Å². The van der Waals surface area contributed by atoms with Gasteiger partial charge in [-0.2, -0.15) is 11.3 Å². The van der Waals surface area contributed by atoms with Gasteiger partial charge in [-0.3, -0.25) is 0 Å². The zero-order valence-corrected chi connectivity index (χ0v) is 10.8. The van der Waals surface area contributed by atoms with Gasteiger partial charge in [-0.15, -0.1) is 11.3 Å². The molecule has 0 bridgehead atoms. The van der Waals surface area contributed by atoms with Crippen molar-refractivity contribution in [3.8, 4) is 0 Å². The van der Waals surface area contributed by atoms with Crippen LogP contribution in [0.2, 0.25) is 0 Å². The molecule has 0 spiro atoms. The molecule has 1 unspecified atom stereocenters. The van der Waals surface area contributed by atoms with Gasteiger partial charge in [-0.25, -0.2) is 0 Å². The summed E-state index contributed by atoms with van der Waals surface area (Å²) in [6, 6.07) is 2.57. The van der Waals surface area contributed by atoms with Crippen molar-refractivity contribution in [2.24, 2.45) is 0 Å². The lowest BCUT2D eigenvalue weighted by molar-refractivity contribution is 0.689. The van der Waals surface area contributed by atoms with Crippen molar-refractivity contribution in [1.82, 2.24) is 5.32 Å². The molecule has 3 heteroatoms. The van der Waals surface area contributed by atoms with Crippen LogP contribution < -0.4 is 5.32 Å². The van der Waals surface area contributed by atoms with Crippen LogP contribution in [0.1, 0.15) is 27.6 Å². The van der Waals surface area contributed by atoms with Gasteiger partial charge in [0.25, 0.3) is 0 Å². The molecule has 0 radical (unpaired) electrons. The minimum atomic E-state index is 0.350. The average molecular weight is 237 g/mol. The van der Waals surface area contributed by atoms with E-state index in [0.29, 0.717) is 6.04 Å². The minimum absolute atomic E-state index is 0.350. The number of hydrogen-bond acceptors (Lipinski definition) is 3. The standard InChI is InChI=1S/C12H15NS2/c1-8-6-14-7-11(8)12(13-3)10-4-5-15-9(10)2/h4-7,12-13H,1-3H3. The van der Waals surface area contributed by atoms with Crippen LogP contribution in [0.15, 0.2) is 22.2 Å². The molecule has 0 aromatic carbocycles. The van der Waals surface area contributed by atoms with Crippen molar-refractivity contribution >= 4 is 22.7 Å². The predicted molar refractivity (Wildman–Crippen MR) is 69.0 cm³/mol. The first-order valence-corrected chi connectivity index (χ1v) is 6.80. The zero-order valence-electron chi connectivity index (χ0n) is 9.20. The van der Waals surface area contributed by atoms with Crippen LogP contribution in [-0.4, -0.2) is 7.05 Å². The van der Waals surface area contributed by atoms with Gasteiger partial charge in [-0.05, 0) is 59.8 Å². The summed E-state index contributed by atoms with van der Waals surface area (Å²) in [6.45, 7) is 4.36. The number of hydrogen-bond donors (Lipinski definition) is 1. The highest BCUT2D eigenvalue weighted by atomic mass is 32.1. The summed E-state index contributed by atoms with van der Waals surface area (Å²) in [4.78, 5) is 1.40. The summed E-state index contributed by atoms with van der Waals surface area (Å²) in [6.07, 6.45) is 0. The highest BCUT2D eigenvalue weighted by molar-refractivity contribution is 7.10. The fourth-order valence-corrected chi connectivity index (χ4v) is 3.46. The monoisotopic (exact) mass is 237 g/mol. The number of rotatable bonds is 3. The summed E-state index contributed by atoms with van der Waals surface area (Å²) >= 11 is 3.59. The largest absolute Gasteiger partial charge is 0.309 e. The van der Waals surface area contributed by atoms with E-state index in [-0.39, 0.29) is 0 Å². The van der Waals surface area contributed by atoms with Gasteiger partial charge in [0.05, 0.1) is 6.04 Å². The summed E-state index contributed by atoms with van der Waals surface area (Å²) in [5.41, 5.74) is 4.19. The Hall–Kier alpha value is -0.640. The summed E-state index contributed by atoms with van der Waals surface area (Å²) < 4.78 is 0. The first-order chi connectivity index (χ1) is 7.24. The smallest absolute Gasteiger partial charge is 0.0595 e. The molecule has 0 saturated carbocycles. The number of aryl methyl sites for hydroxylation is 2. The lowest BCUT2D eigenvalue weighted by Crippen LogP contribution is -2.17. The van der Waals surface area contributed by atoms with E-state index < -0.39 is 0 Å². The van der Waals surface area contributed by atoms with E-state index in [1.807, 2.05) is 18.4 Å². The van der Waals surface area contributed by atoms with Gasteiger partial charge in [0.1, 0.15) is 0 Å². The van der Waals surface area contributed by atoms with Crippen LogP contribution in [0, 0.1) is 13.8 Å². The summed E-state index contributed by atoms with van der Waals surface area (Å²) in [5.74, 6) is 0. The highest BCUT2D eigenvalue weighted by Gasteiger charge is 2.17. The molecule has 0 saturated heterocycles. The second-order valence-corrected chi connectivity index (χ2v) is 5.53. The molecule has 80 valence electrons. The topological polar surface area (TPSA) is 12.0 Å². The highest BCUT2D eigenvalue weighted by Crippen LogP contribution is 2.31. The molecule has 0 amide bonds. The van der Waals surface area contributed by atoms with E-state index in [9.17, 15) is 0 Å². The molecule has 15 heavy (non-hydrogen) atoms. The van der Waals surface area contributed by atoms with Crippen molar-refractivity contribution in [2.45, 2.75) is 19.9 Å². The molecule has 1 N–H and O–H groups in total. The second kappa shape index (κ2) is 4.47. The van der Waals surface area contributed by atoms with Crippen LogP contribution in [0.3, 0.4) is 0 Å². The van der Waals surface area contributed by atoms with Gasteiger partial charge in [0.2, 0.25) is 0 Å². The molecule has 0 aliphatic heterocycles. The Morgan fingerprint density at radius 3 is 2.47 bits per heavy atom. The first kappa shape index (κ1) is 10.9. The zero-order chi connectivity index (χ0) is 10.8. The lowest BCUT2D eigenvalue weighted by Gasteiger charge is -2.16. The number of nitrogens with one attached hydrogen (secondary N) is 1. The summed E-state index contributed by atoms with van der Waals surface area (Å²) in [5, 5.41) is 10.0. The fourth-order valence-electron chi connectivity index (χ4n) is 1.84. The molecular formula is C12H15NS2. The van der Waals surface area contributed by atoms with E-state index in [4.69, 9.17) is 0 Å². The first-order valence-electron chi connectivity index (χ1n) is 4.98. The van der Waals surface area contributed by atoms with Gasteiger partial charge < -0.3 is 5.32 Å². The van der Waals surface area contributed by atoms with E-state index >= 15 is 0 Å². The predicted octanol–water partition coefficient (Wildman–Crippen LogP) is 3.74. The van der Waals surface area contributed by atoms with Crippen molar-refractivity contribution in [3.63, 3.8) is 0 Å². The van der Waals surface area contributed by atoms with E-state index in [1.165, 1.54) is 21.6 Å². The van der Waals surface area contributed by atoms with E-state index in [1.54, 1.807) is 11.3 Å². The Labute approximate surface area is 98.8 Å². The lowest BCUT2D eigenvalue weighted by atomic mass is 9.99. The Kier molecular flexibility index (Phi) is 3.24. The third-order valence-electron chi connectivity index (χ3n) is 2.70. The molecule has 2 rings (SSSR count). The van der Waals surface area contributed by atoms with Gasteiger partial charge >= 0.3 is 0 Å². The number of thiophene rings is 2. The molecule has 0 aliphatic rings. The molecule has 0 fully saturated rings. The fraction of sp³-hybridized carbons (Fsp3) is 0.333. The van der Waals surface area contributed by atoms with Crippen molar-refractivity contribution in [3.05, 3.63) is 43.8 Å². The Morgan fingerprint density at radius 1 is 1.20 bits per heavy atom. The Balaban J connectivity index is 2.41. The molecule has 2 heterocycles. The maximum absolute atomic E-state index is 3.40. The maximum atomic E-state index is 3.40. The van der Waals surface area contributed by atoms with E-state index in [0.717, 1.165) is 0 Å². The van der Waals surface area contributed by atoms with Crippen molar-refractivity contribution < 1.29 is 0 Å². The third-order valence-corrected chi connectivity index (χ3v) is 4.45. The van der Waals surface area contributed by atoms with Crippen LogP contribution in [0.5, 0.6) is 0 Å². The normalized spacial score (nSPS) is 13.0. The third kappa shape index (κ3) is 2.00. The molecule has 2 aromatic heterocycles. The second-order valence-electron chi connectivity index (χ2n) is 3.66. The molecule has 2 aromatic rings. The molecule has 0 aliphatic carbocycles. The molecular weight excluding hydrogens is 222 g/mol. The SMILES string of the molecule is CNC(c1cscc1C)c1ccsc1C. The van der Waals surface area contributed by atoms with Crippen LogP contribution >= 0.6 is 22.7 Å². The van der Waals surface area contributed by atoms with Gasteiger partial charge in [0, 0.05) is 4.88 Å². The van der Waals surface area contributed by atoms with Crippen molar-refractivity contribution in [1.29, 1.82) is 0 Å². The van der Waals surface area contributed by atoms with Crippen LogP contribution in [0.25, 0.3) is 0 Å². The van der Waals surface area contributed by atoms with Crippen molar-refractivity contribution in [2.75, 3.05) is 7.05 Å². The quantitative estimate of drug-likeness (QED) is 0.857. The molecule has 1 atom stereocenters. The van der Waals surface area contributed by atoms with E-state index in [2.05, 4.69) is 41.4 Å². The Morgan fingerprint density at radius 2 is 2.00 bits per heavy atom. The van der Waals surface area contributed by atoms with Gasteiger partial charge in [-0.1, -0.05) is 0 Å².